The van der Waals surface area contributed by atoms with E-state index in [-0.39, 0.29) is 18.4 Å². The second kappa shape index (κ2) is 10.3. The maximum atomic E-state index is 12.7. The van der Waals surface area contributed by atoms with Crippen LogP contribution in [0.4, 0.5) is 5.69 Å². The molecule has 2 rings (SSSR count). The highest BCUT2D eigenvalue weighted by atomic mass is 16.5. The molecule has 1 N–H and O–H groups in total. The van der Waals surface area contributed by atoms with Gasteiger partial charge >= 0.3 is 0 Å². The van der Waals surface area contributed by atoms with Gasteiger partial charge in [-0.05, 0) is 30.2 Å². The van der Waals surface area contributed by atoms with Gasteiger partial charge in [-0.1, -0.05) is 32.9 Å². The summed E-state index contributed by atoms with van der Waals surface area (Å²) in [4.78, 5) is 30.2. The molecule has 27 heavy (non-hydrogen) atoms. The molecule has 1 aromatic carbocycles. The molecule has 0 fully saturated rings. The minimum absolute atomic E-state index is 0.0648. The Balaban J connectivity index is 1.98. The van der Waals surface area contributed by atoms with Crippen LogP contribution in [0.3, 0.4) is 0 Å². The lowest BCUT2D eigenvalue weighted by Crippen LogP contribution is -2.37. The van der Waals surface area contributed by atoms with Gasteiger partial charge in [0.1, 0.15) is 5.75 Å². The highest BCUT2D eigenvalue weighted by Gasteiger charge is 2.17. The van der Waals surface area contributed by atoms with E-state index >= 15 is 0 Å². The van der Waals surface area contributed by atoms with E-state index in [1.165, 1.54) is 0 Å². The van der Waals surface area contributed by atoms with E-state index in [2.05, 4.69) is 24.1 Å². The third-order valence-corrected chi connectivity index (χ3v) is 3.82. The number of anilines is 1. The molecule has 0 saturated heterocycles. The number of benzene rings is 1. The first kappa shape index (κ1) is 20.4. The number of carbonyl (C=O) groups is 2. The van der Waals surface area contributed by atoms with E-state index in [1.807, 2.05) is 18.2 Å². The second-order valence-corrected chi connectivity index (χ2v) is 6.71. The van der Waals surface area contributed by atoms with Crippen LogP contribution in [0.2, 0.25) is 0 Å². The summed E-state index contributed by atoms with van der Waals surface area (Å²) in [5, 5.41) is 2.78. The van der Waals surface area contributed by atoms with Crippen molar-refractivity contribution in [2.24, 2.45) is 5.92 Å². The molecular weight excluding hydrogens is 342 g/mol. The lowest BCUT2D eigenvalue weighted by molar-refractivity contribution is -0.134. The fourth-order valence-electron chi connectivity index (χ4n) is 2.53. The normalized spacial score (nSPS) is 10.5. The molecule has 1 heterocycles. The molecular formula is C21H27N3O3. The van der Waals surface area contributed by atoms with Crippen molar-refractivity contribution in [1.82, 2.24) is 9.88 Å². The molecule has 6 heteroatoms. The van der Waals surface area contributed by atoms with Gasteiger partial charge in [0.25, 0.3) is 5.91 Å². The Labute approximate surface area is 160 Å². The number of rotatable bonds is 9. The van der Waals surface area contributed by atoms with Crippen molar-refractivity contribution in [1.29, 1.82) is 0 Å². The highest BCUT2D eigenvalue weighted by molar-refractivity contribution is 5.90. The van der Waals surface area contributed by atoms with Crippen LogP contribution in [0.15, 0.2) is 48.7 Å². The molecule has 1 aromatic heterocycles. The van der Waals surface area contributed by atoms with Crippen LogP contribution >= 0.6 is 0 Å². The lowest BCUT2D eigenvalue weighted by Gasteiger charge is -2.24. The van der Waals surface area contributed by atoms with E-state index < -0.39 is 0 Å². The molecule has 0 aliphatic carbocycles. The maximum Gasteiger partial charge on any atom is 0.260 e. The summed E-state index contributed by atoms with van der Waals surface area (Å²) in [5.41, 5.74) is 1.50. The zero-order valence-corrected chi connectivity index (χ0v) is 16.1. The quantitative estimate of drug-likeness (QED) is 0.734. The van der Waals surface area contributed by atoms with Gasteiger partial charge in [-0.25, -0.2) is 0 Å². The van der Waals surface area contributed by atoms with E-state index in [0.29, 0.717) is 36.9 Å². The Morgan fingerprint density at radius 3 is 2.67 bits per heavy atom. The van der Waals surface area contributed by atoms with Gasteiger partial charge in [0.05, 0.1) is 12.2 Å². The lowest BCUT2D eigenvalue weighted by atomic mass is 10.2. The van der Waals surface area contributed by atoms with Crippen LogP contribution in [0.5, 0.6) is 5.75 Å². The molecule has 0 radical (unpaired) electrons. The largest absolute Gasteiger partial charge is 0.484 e. The molecule has 144 valence electrons. The second-order valence-electron chi connectivity index (χ2n) is 6.71. The summed E-state index contributed by atoms with van der Waals surface area (Å²) < 4.78 is 5.66. The van der Waals surface area contributed by atoms with Crippen molar-refractivity contribution in [2.75, 3.05) is 18.5 Å². The van der Waals surface area contributed by atoms with Crippen molar-refractivity contribution < 1.29 is 14.3 Å². The summed E-state index contributed by atoms with van der Waals surface area (Å²) in [7, 11) is 0. The first-order chi connectivity index (χ1) is 13.0. The number of carbonyl (C=O) groups excluding carboxylic acids is 2. The number of pyridine rings is 1. The number of aromatic nitrogens is 1. The van der Waals surface area contributed by atoms with Gasteiger partial charge in [0, 0.05) is 30.9 Å². The first-order valence-electron chi connectivity index (χ1n) is 9.18. The average molecular weight is 369 g/mol. The zero-order chi connectivity index (χ0) is 19.6. The molecule has 6 nitrogen and oxygen atoms in total. The van der Waals surface area contributed by atoms with Crippen molar-refractivity contribution in [3.8, 4) is 5.75 Å². The highest BCUT2D eigenvalue weighted by Crippen LogP contribution is 2.18. The Morgan fingerprint density at radius 2 is 2.00 bits per heavy atom. The Morgan fingerprint density at radius 1 is 1.19 bits per heavy atom. The molecule has 2 amide bonds. The SMILES string of the molecule is CCC(=O)Nc1cccc(OCC(=O)N(Cc2ccccn2)CC(C)C)c1. The van der Waals surface area contributed by atoms with E-state index in [4.69, 9.17) is 4.74 Å². The molecule has 0 bridgehead atoms. The summed E-state index contributed by atoms with van der Waals surface area (Å²) in [6.45, 7) is 6.95. The Kier molecular flexibility index (Phi) is 7.79. The average Bonchev–Trinajstić information content (AvgIpc) is 2.66. The molecule has 0 spiro atoms. The van der Waals surface area contributed by atoms with Crippen LogP contribution in [-0.2, 0) is 16.1 Å². The smallest absolute Gasteiger partial charge is 0.260 e. The van der Waals surface area contributed by atoms with E-state index in [0.717, 1.165) is 5.69 Å². The van der Waals surface area contributed by atoms with Gasteiger partial charge in [0.2, 0.25) is 5.91 Å². The van der Waals surface area contributed by atoms with Gasteiger partial charge in [-0.3, -0.25) is 14.6 Å². The van der Waals surface area contributed by atoms with Crippen LogP contribution in [0.25, 0.3) is 0 Å². The molecule has 0 aliphatic rings. The van der Waals surface area contributed by atoms with Crippen molar-refractivity contribution >= 4 is 17.5 Å². The topological polar surface area (TPSA) is 71.5 Å². The van der Waals surface area contributed by atoms with Gasteiger partial charge in [-0.15, -0.1) is 0 Å². The number of nitrogens with one attached hydrogen (secondary N) is 1. The molecule has 0 atom stereocenters. The number of ether oxygens (including phenoxy) is 1. The third kappa shape index (κ3) is 7.09. The van der Waals surface area contributed by atoms with Crippen LogP contribution in [0, 0.1) is 5.92 Å². The fourth-order valence-corrected chi connectivity index (χ4v) is 2.53. The van der Waals surface area contributed by atoms with Gasteiger partial charge in [0.15, 0.2) is 6.61 Å². The fraction of sp³-hybridized carbons (Fsp3) is 0.381. The zero-order valence-electron chi connectivity index (χ0n) is 16.1. The minimum Gasteiger partial charge on any atom is -0.484 e. The van der Waals surface area contributed by atoms with Crippen LogP contribution in [0.1, 0.15) is 32.9 Å². The summed E-state index contributed by atoms with van der Waals surface area (Å²) in [5.74, 6) is 0.712. The summed E-state index contributed by atoms with van der Waals surface area (Å²) in [6, 6.07) is 12.7. The van der Waals surface area contributed by atoms with Crippen molar-refractivity contribution in [3.63, 3.8) is 0 Å². The summed E-state index contributed by atoms with van der Waals surface area (Å²) in [6.07, 6.45) is 2.13. The predicted octanol–water partition coefficient (Wildman–Crippen LogP) is 3.49. The molecule has 0 saturated carbocycles. The predicted molar refractivity (Wildman–Crippen MR) is 105 cm³/mol. The monoisotopic (exact) mass is 369 g/mol. The number of amides is 2. The van der Waals surface area contributed by atoms with E-state index in [1.54, 1.807) is 42.3 Å². The summed E-state index contributed by atoms with van der Waals surface area (Å²) >= 11 is 0. The number of nitrogens with zero attached hydrogens (tertiary/aromatic N) is 2. The Hall–Kier alpha value is -2.89. The van der Waals surface area contributed by atoms with Crippen molar-refractivity contribution in [3.05, 3.63) is 54.4 Å². The molecule has 0 unspecified atom stereocenters. The number of hydrogen-bond donors (Lipinski definition) is 1. The standard InChI is InChI=1S/C21H27N3O3/c1-4-20(25)23-17-9-7-10-19(12-17)27-15-21(26)24(13-16(2)3)14-18-8-5-6-11-22-18/h5-12,16H,4,13-15H2,1-3H3,(H,23,25). The maximum absolute atomic E-state index is 12.7. The third-order valence-electron chi connectivity index (χ3n) is 3.82. The van der Waals surface area contributed by atoms with Crippen LogP contribution in [-0.4, -0.2) is 34.8 Å². The van der Waals surface area contributed by atoms with Gasteiger partial charge in [-0.2, -0.15) is 0 Å². The van der Waals surface area contributed by atoms with E-state index in [9.17, 15) is 9.59 Å². The van der Waals surface area contributed by atoms with Gasteiger partial charge < -0.3 is 15.0 Å². The number of hydrogen-bond acceptors (Lipinski definition) is 4. The minimum atomic E-state index is -0.0997. The molecule has 0 aliphatic heterocycles. The molecule has 2 aromatic rings. The van der Waals surface area contributed by atoms with Crippen LogP contribution < -0.4 is 10.1 Å². The first-order valence-corrected chi connectivity index (χ1v) is 9.18. The van der Waals surface area contributed by atoms with Crippen molar-refractivity contribution in [2.45, 2.75) is 33.7 Å². The Bertz CT molecular complexity index is 747.